The maximum atomic E-state index is 12.7. The van der Waals surface area contributed by atoms with Crippen LogP contribution in [-0.2, 0) is 0 Å². The molecule has 0 radical (unpaired) electrons. The van der Waals surface area contributed by atoms with Gasteiger partial charge in [-0.2, -0.15) is 0 Å². The van der Waals surface area contributed by atoms with E-state index in [1.807, 2.05) is 62.6 Å². The summed E-state index contributed by atoms with van der Waals surface area (Å²) in [6, 6.07) is 23.6. The third-order valence-corrected chi connectivity index (χ3v) is 5.35. The van der Waals surface area contributed by atoms with Crippen LogP contribution in [0.15, 0.2) is 78.9 Å². The summed E-state index contributed by atoms with van der Waals surface area (Å²) in [7, 11) is 4.03. The maximum absolute atomic E-state index is 12.7. The summed E-state index contributed by atoms with van der Waals surface area (Å²) in [6.07, 6.45) is 0. The van der Waals surface area contributed by atoms with Gasteiger partial charge in [-0.3, -0.25) is 4.79 Å². The standard InChI is InChI=1S/C25H23ClN4O/c1-30(2)22-15-23(29-21-9-4-3-8-20(21)22)28-19-12-10-16(11-13-19)24(27)25(31)17-6-5-7-18(26)14-17/h3-15,24H,27H2,1-2H3,(H,28,29). The van der Waals surface area contributed by atoms with Crippen molar-refractivity contribution < 1.29 is 4.79 Å². The highest BCUT2D eigenvalue weighted by Crippen LogP contribution is 2.29. The third kappa shape index (κ3) is 4.53. The number of aromatic nitrogens is 1. The Bertz CT molecular complexity index is 1240. The Balaban J connectivity index is 1.56. The first kappa shape index (κ1) is 20.8. The first-order chi connectivity index (χ1) is 14.9. The molecule has 0 saturated carbocycles. The van der Waals surface area contributed by atoms with Gasteiger partial charge in [0.05, 0.1) is 11.6 Å². The SMILES string of the molecule is CN(C)c1cc(Nc2ccc(C(N)C(=O)c3cccc(Cl)c3)cc2)nc2ccccc12. The van der Waals surface area contributed by atoms with E-state index in [0.717, 1.165) is 33.7 Å². The van der Waals surface area contributed by atoms with Gasteiger partial charge in [-0.15, -0.1) is 0 Å². The third-order valence-electron chi connectivity index (χ3n) is 5.11. The number of carbonyl (C=O) groups excluding carboxylic acids is 1. The molecule has 3 N–H and O–H groups in total. The highest BCUT2D eigenvalue weighted by Gasteiger charge is 2.18. The molecule has 4 rings (SSSR count). The van der Waals surface area contributed by atoms with E-state index in [1.165, 1.54) is 0 Å². The van der Waals surface area contributed by atoms with Gasteiger partial charge in [0.15, 0.2) is 5.78 Å². The van der Waals surface area contributed by atoms with Gasteiger partial charge in [-0.25, -0.2) is 4.98 Å². The van der Waals surface area contributed by atoms with Crippen LogP contribution in [-0.4, -0.2) is 24.9 Å². The average molecular weight is 431 g/mol. The van der Waals surface area contributed by atoms with Gasteiger partial charge >= 0.3 is 0 Å². The molecule has 6 heteroatoms. The molecule has 31 heavy (non-hydrogen) atoms. The van der Waals surface area contributed by atoms with E-state index in [-0.39, 0.29) is 5.78 Å². The fourth-order valence-electron chi connectivity index (χ4n) is 3.49. The Morgan fingerprint density at radius 3 is 2.45 bits per heavy atom. The molecule has 0 bridgehead atoms. The number of Topliss-reactive ketones (excluding diaryl/α,β-unsaturated/α-hetero) is 1. The molecule has 0 amide bonds. The van der Waals surface area contributed by atoms with E-state index < -0.39 is 6.04 Å². The number of carbonyl (C=O) groups is 1. The summed E-state index contributed by atoms with van der Waals surface area (Å²) >= 11 is 5.99. The molecule has 0 spiro atoms. The molecule has 0 fully saturated rings. The molecular formula is C25H23ClN4O. The summed E-state index contributed by atoms with van der Waals surface area (Å²) in [5, 5.41) is 4.95. The number of ketones is 1. The highest BCUT2D eigenvalue weighted by molar-refractivity contribution is 6.31. The van der Waals surface area contributed by atoms with E-state index in [9.17, 15) is 4.79 Å². The quantitative estimate of drug-likeness (QED) is 0.391. The molecule has 0 aliphatic rings. The van der Waals surface area contributed by atoms with E-state index in [2.05, 4.69) is 16.3 Å². The van der Waals surface area contributed by atoms with Crippen molar-refractivity contribution in [2.75, 3.05) is 24.3 Å². The molecule has 4 aromatic rings. The largest absolute Gasteiger partial charge is 0.377 e. The number of hydrogen-bond donors (Lipinski definition) is 2. The van der Waals surface area contributed by atoms with Gasteiger partial charge in [0.2, 0.25) is 0 Å². The van der Waals surface area contributed by atoms with E-state index >= 15 is 0 Å². The van der Waals surface area contributed by atoms with Gasteiger partial charge < -0.3 is 16.0 Å². The molecule has 1 atom stereocenters. The van der Waals surface area contributed by atoms with Crippen LogP contribution in [0.2, 0.25) is 5.02 Å². The molecule has 1 unspecified atom stereocenters. The number of anilines is 3. The Labute approximate surface area is 186 Å². The fraction of sp³-hybridized carbons (Fsp3) is 0.120. The Hall–Kier alpha value is -3.41. The minimum Gasteiger partial charge on any atom is -0.377 e. The van der Waals surface area contributed by atoms with Crippen molar-refractivity contribution in [1.29, 1.82) is 0 Å². The van der Waals surface area contributed by atoms with Crippen molar-refractivity contribution in [2.24, 2.45) is 5.73 Å². The number of hydrogen-bond acceptors (Lipinski definition) is 5. The average Bonchev–Trinajstić information content (AvgIpc) is 2.78. The number of nitrogens with one attached hydrogen (secondary N) is 1. The molecule has 5 nitrogen and oxygen atoms in total. The Morgan fingerprint density at radius 1 is 1.00 bits per heavy atom. The zero-order valence-electron chi connectivity index (χ0n) is 17.3. The minimum atomic E-state index is -0.758. The fourth-order valence-corrected chi connectivity index (χ4v) is 3.68. The Morgan fingerprint density at radius 2 is 1.74 bits per heavy atom. The summed E-state index contributed by atoms with van der Waals surface area (Å²) < 4.78 is 0. The number of halogens is 1. The van der Waals surface area contributed by atoms with Crippen LogP contribution in [0.1, 0.15) is 22.0 Å². The predicted molar refractivity (Wildman–Crippen MR) is 129 cm³/mol. The molecule has 0 aliphatic heterocycles. The number of fused-ring (bicyclic) bond motifs is 1. The highest BCUT2D eigenvalue weighted by atomic mass is 35.5. The van der Waals surface area contributed by atoms with Crippen LogP contribution in [0.3, 0.4) is 0 Å². The summed E-state index contributed by atoms with van der Waals surface area (Å²) in [5.41, 5.74) is 10.3. The molecule has 0 saturated heterocycles. The van der Waals surface area contributed by atoms with Crippen LogP contribution in [0, 0.1) is 0 Å². The number of rotatable bonds is 6. The second-order valence-electron chi connectivity index (χ2n) is 7.54. The molecular weight excluding hydrogens is 408 g/mol. The van der Waals surface area contributed by atoms with Gasteiger partial charge in [-0.05, 0) is 35.9 Å². The first-order valence-corrected chi connectivity index (χ1v) is 10.3. The number of nitrogens with zero attached hydrogens (tertiary/aromatic N) is 2. The van der Waals surface area contributed by atoms with Crippen LogP contribution in [0.5, 0.6) is 0 Å². The lowest BCUT2D eigenvalue weighted by Gasteiger charge is -2.17. The van der Waals surface area contributed by atoms with Crippen molar-refractivity contribution >= 4 is 45.5 Å². The van der Waals surface area contributed by atoms with E-state index in [4.69, 9.17) is 22.3 Å². The molecule has 0 aliphatic carbocycles. The molecule has 1 aromatic heterocycles. The normalized spacial score (nSPS) is 11.9. The summed E-state index contributed by atoms with van der Waals surface area (Å²) in [5.74, 6) is 0.574. The number of pyridine rings is 1. The number of para-hydroxylation sites is 1. The first-order valence-electron chi connectivity index (χ1n) is 9.92. The zero-order chi connectivity index (χ0) is 22.0. The van der Waals surface area contributed by atoms with Crippen molar-refractivity contribution in [1.82, 2.24) is 4.98 Å². The second-order valence-corrected chi connectivity index (χ2v) is 7.97. The van der Waals surface area contributed by atoms with E-state index in [1.54, 1.807) is 24.3 Å². The van der Waals surface area contributed by atoms with Crippen LogP contribution < -0.4 is 16.0 Å². The molecule has 156 valence electrons. The number of benzene rings is 3. The predicted octanol–water partition coefficient (Wildman–Crippen LogP) is 5.58. The van der Waals surface area contributed by atoms with Crippen LogP contribution in [0.25, 0.3) is 10.9 Å². The van der Waals surface area contributed by atoms with Gasteiger partial charge in [-0.1, -0.05) is 54.1 Å². The topological polar surface area (TPSA) is 71.2 Å². The zero-order valence-corrected chi connectivity index (χ0v) is 18.1. The van der Waals surface area contributed by atoms with Crippen LogP contribution in [0.4, 0.5) is 17.2 Å². The number of nitrogens with two attached hydrogens (primary N) is 1. The van der Waals surface area contributed by atoms with E-state index in [0.29, 0.717) is 10.6 Å². The molecule has 3 aromatic carbocycles. The van der Waals surface area contributed by atoms with Gasteiger partial charge in [0, 0.05) is 47.5 Å². The smallest absolute Gasteiger partial charge is 0.184 e. The lowest BCUT2D eigenvalue weighted by molar-refractivity contribution is 0.0961. The van der Waals surface area contributed by atoms with Crippen molar-refractivity contribution in [2.45, 2.75) is 6.04 Å². The van der Waals surface area contributed by atoms with Crippen molar-refractivity contribution in [3.63, 3.8) is 0 Å². The summed E-state index contributed by atoms with van der Waals surface area (Å²) in [6.45, 7) is 0. The lowest BCUT2D eigenvalue weighted by Crippen LogP contribution is -2.21. The van der Waals surface area contributed by atoms with Crippen LogP contribution >= 0.6 is 11.6 Å². The lowest BCUT2D eigenvalue weighted by atomic mass is 9.98. The van der Waals surface area contributed by atoms with Crippen molar-refractivity contribution in [3.05, 3.63) is 95.0 Å². The van der Waals surface area contributed by atoms with Gasteiger partial charge in [0.25, 0.3) is 0 Å². The second kappa shape index (κ2) is 8.76. The van der Waals surface area contributed by atoms with Gasteiger partial charge in [0.1, 0.15) is 5.82 Å². The maximum Gasteiger partial charge on any atom is 0.184 e. The Kier molecular flexibility index (Phi) is 5.89. The van der Waals surface area contributed by atoms with Crippen molar-refractivity contribution in [3.8, 4) is 0 Å². The monoisotopic (exact) mass is 430 g/mol. The summed E-state index contributed by atoms with van der Waals surface area (Å²) in [4.78, 5) is 19.5. The minimum absolute atomic E-state index is 0.171. The molecule has 1 heterocycles.